The molecule has 0 radical (unpaired) electrons. The SMILES string of the molecule is CC(C(=O)N1CCCC1)N1CCN(C(=NCC(=O)N(C)C)NCC2CCCO2)CC1. The van der Waals surface area contributed by atoms with Crippen molar-refractivity contribution in [3.05, 3.63) is 0 Å². The van der Waals surface area contributed by atoms with Crippen molar-refractivity contribution in [2.45, 2.75) is 44.8 Å². The number of carbonyl (C=O) groups excluding carboxylic acids is 2. The van der Waals surface area contributed by atoms with Crippen LogP contribution in [0.15, 0.2) is 4.99 Å². The molecule has 9 heteroatoms. The lowest BCUT2D eigenvalue weighted by molar-refractivity contribution is -0.135. The van der Waals surface area contributed by atoms with E-state index in [9.17, 15) is 9.59 Å². The first kappa shape index (κ1) is 22.8. The number of rotatable bonds is 6. The molecule has 2 atom stereocenters. The third-order valence-electron chi connectivity index (χ3n) is 6.31. The van der Waals surface area contributed by atoms with Gasteiger partial charge < -0.3 is 24.8 Å². The smallest absolute Gasteiger partial charge is 0.243 e. The van der Waals surface area contributed by atoms with E-state index in [0.717, 1.165) is 77.5 Å². The van der Waals surface area contributed by atoms with Crippen LogP contribution in [-0.2, 0) is 14.3 Å². The van der Waals surface area contributed by atoms with Crippen LogP contribution in [0.5, 0.6) is 0 Å². The van der Waals surface area contributed by atoms with Gasteiger partial charge in [-0.2, -0.15) is 0 Å². The van der Waals surface area contributed by atoms with Gasteiger partial charge in [0.05, 0.1) is 12.1 Å². The highest BCUT2D eigenvalue weighted by atomic mass is 16.5. The second-order valence-electron chi connectivity index (χ2n) is 8.68. The Hall–Kier alpha value is -1.87. The van der Waals surface area contributed by atoms with Gasteiger partial charge in [0.15, 0.2) is 5.96 Å². The van der Waals surface area contributed by atoms with Gasteiger partial charge in [0.2, 0.25) is 11.8 Å². The van der Waals surface area contributed by atoms with E-state index in [1.165, 1.54) is 0 Å². The second kappa shape index (κ2) is 10.9. The molecule has 0 aromatic heterocycles. The Bertz CT molecular complexity index is 606. The minimum absolute atomic E-state index is 0.0186. The molecule has 3 rings (SSSR count). The summed E-state index contributed by atoms with van der Waals surface area (Å²) in [6, 6.07) is -0.0826. The number of nitrogens with zero attached hydrogens (tertiary/aromatic N) is 5. The number of piperazine rings is 1. The zero-order valence-corrected chi connectivity index (χ0v) is 18.8. The van der Waals surface area contributed by atoms with Crippen LogP contribution in [0.4, 0.5) is 0 Å². The summed E-state index contributed by atoms with van der Waals surface area (Å²) in [6.07, 6.45) is 4.60. The van der Waals surface area contributed by atoms with E-state index in [-0.39, 0.29) is 30.5 Å². The summed E-state index contributed by atoms with van der Waals surface area (Å²) < 4.78 is 5.72. The molecule has 0 aromatic carbocycles. The van der Waals surface area contributed by atoms with Crippen LogP contribution in [0, 0.1) is 0 Å². The van der Waals surface area contributed by atoms with E-state index < -0.39 is 0 Å². The van der Waals surface area contributed by atoms with E-state index in [1.807, 2.05) is 11.8 Å². The zero-order valence-electron chi connectivity index (χ0n) is 18.8. The number of nitrogens with one attached hydrogen (secondary N) is 1. The van der Waals surface area contributed by atoms with Crippen molar-refractivity contribution in [1.29, 1.82) is 0 Å². The fourth-order valence-corrected chi connectivity index (χ4v) is 4.24. The van der Waals surface area contributed by atoms with Crippen molar-refractivity contribution in [2.75, 3.05) is 73.1 Å². The molecule has 0 aliphatic carbocycles. The van der Waals surface area contributed by atoms with Gasteiger partial charge in [-0.15, -0.1) is 0 Å². The summed E-state index contributed by atoms with van der Waals surface area (Å²) in [4.78, 5) is 37.4. The number of ether oxygens (including phenoxy) is 1. The lowest BCUT2D eigenvalue weighted by atomic mass is 10.2. The highest BCUT2D eigenvalue weighted by molar-refractivity contribution is 5.85. The number of hydrogen-bond donors (Lipinski definition) is 1. The summed E-state index contributed by atoms with van der Waals surface area (Å²) in [5, 5.41) is 3.42. The molecule has 2 amide bonds. The van der Waals surface area contributed by atoms with Gasteiger partial charge in [-0.05, 0) is 32.6 Å². The minimum atomic E-state index is -0.0826. The number of hydrogen-bond acceptors (Lipinski definition) is 5. The normalized spacial score (nSPS) is 24.2. The third kappa shape index (κ3) is 6.07. The second-order valence-corrected chi connectivity index (χ2v) is 8.68. The number of amides is 2. The average molecular weight is 423 g/mol. The van der Waals surface area contributed by atoms with Crippen molar-refractivity contribution < 1.29 is 14.3 Å². The molecule has 30 heavy (non-hydrogen) atoms. The molecule has 0 saturated carbocycles. The monoisotopic (exact) mass is 422 g/mol. The molecular weight excluding hydrogens is 384 g/mol. The van der Waals surface area contributed by atoms with Crippen molar-refractivity contribution in [2.24, 2.45) is 4.99 Å². The van der Waals surface area contributed by atoms with Crippen LogP contribution in [0.1, 0.15) is 32.6 Å². The molecule has 3 aliphatic rings. The molecular formula is C21H38N6O3. The zero-order chi connectivity index (χ0) is 21.5. The summed E-state index contributed by atoms with van der Waals surface area (Å²) in [7, 11) is 3.49. The van der Waals surface area contributed by atoms with Gasteiger partial charge in [0, 0.05) is 66.5 Å². The largest absolute Gasteiger partial charge is 0.376 e. The molecule has 3 heterocycles. The summed E-state index contributed by atoms with van der Waals surface area (Å²) in [6.45, 7) is 8.66. The third-order valence-corrected chi connectivity index (χ3v) is 6.31. The maximum absolute atomic E-state index is 12.7. The van der Waals surface area contributed by atoms with Crippen LogP contribution in [0.3, 0.4) is 0 Å². The molecule has 3 fully saturated rings. The molecule has 9 nitrogen and oxygen atoms in total. The van der Waals surface area contributed by atoms with E-state index in [2.05, 4.69) is 20.1 Å². The first-order valence-electron chi connectivity index (χ1n) is 11.3. The fraction of sp³-hybridized carbons (Fsp3) is 0.857. The fourth-order valence-electron chi connectivity index (χ4n) is 4.24. The van der Waals surface area contributed by atoms with Gasteiger partial charge in [-0.1, -0.05) is 0 Å². The Labute approximate surface area is 180 Å². The van der Waals surface area contributed by atoms with Crippen LogP contribution in [-0.4, -0.2) is 123 Å². The number of aliphatic imine (C=N–C) groups is 1. The number of carbonyl (C=O) groups is 2. The van der Waals surface area contributed by atoms with Crippen molar-refractivity contribution in [1.82, 2.24) is 24.9 Å². The maximum atomic E-state index is 12.7. The van der Waals surface area contributed by atoms with Crippen molar-refractivity contribution in [3.63, 3.8) is 0 Å². The first-order valence-corrected chi connectivity index (χ1v) is 11.3. The quantitative estimate of drug-likeness (QED) is 0.473. The maximum Gasteiger partial charge on any atom is 0.243 e. The van der Waals surface area contributed by atoms with Gasteiger partial charge in [0.25, 0.3) is 0 Å². The highest BCUT2D eigenvalue weighted by Crippen LogP contribution is 2.14. The topological polar surface area (TPSA) is 80.7 Å². The summed E-state index contributed by atoms with van der Waals surface area (Å²) in [5.41, 5.74) is 0. The Balaban J connectivity index is 1.55. The number of likely N-dealkylation sites (tertiary alicyclic amines) is 1. The Kier molecular flexibility index (Phi) is 8.32. The summed E-state index contributed by atoms with van der Waals surface area (Å²) in [5.74, 6) is 0.997. The molecule has 1 N–H and O–H groups in total. The van der Waals surface area contributed by atoms with Gasteiger partial charge in [-0.25, -0.2) is 4.99 Å². The van der Waals surface area contributed by atoms with Gasteiger partial charge in [-0.3, -0.25) is 14.5 Å². The standard InChI is InChI=1S/C21H38N6O3/c1-17(20(29)26-8-4-5-9-26)25-10-12-27(13-11-25)21(23-16-19(28)24(2)3)22-15-18-7-6-14-30-18/h17-18H,4-16H2,1-3H3,(H,22,23). The van der Waals surface area contributed by atoms with E-state index in [0.29, 0.717) is 6.54 Å². The molecule has 3 aliphatic heterocycles. The Morgan fingerprint density at radius 3 is 2.37 bits per heavy atom. The predicted octanol–water partition coefficient (Wildman–Crippen LogP) is -0.172. The average Bonchev–Trinajstić information content (AvgIpc) is 3.47. The molecule has 0 bridgehead atoms. The molecule has 170 valence electrons. The van der Waals surface area contributed by atoms with Crippen LogP contribution in [0.2, 0.25) is 0 Å². The van der Waals surface area contributed by atoms with Crippen LogP contribution < -0.4 is 5.32 Å². The number of guanidine groups is 1. The van der Waals surface area contributed by atoms with Gasteiger partial charge in [0.1, 0.15) is 6.54 Å². The minimum Gasteiger partial charge on any atom is -0.376 e. The summed E-state index contributed by atoms with van der Waals surface area (Å²) >= 11 is 0. The van der Waals surface area contributed by atoms with Crippen LogP contribution >= 0.6 is 0 Å². The lowest BCUT2D eigenvalue weighted by Crippen LogP contribution is -2.57. The predicted molar refractivity (Wildman–Crippen MR) is 116 cm³/mol. The van der Waals surface area contributed by atoms with E-state index in [4.69, 9.17) is 4.74 Å². The Morgan fingerprint density at radius 1 is 1.07 bits per heavy atom. The van der Waals surface area contributed by atoms with Crippen LogP contribution in [0.25, 0.3) is 0 Å². The molecule has 0 aromatic rings. The first-order chi connectivity index (χ1) is 14.5. The van der Waals surface area contributed by atoms with Gasteiger partial charge >= 0.3 is 0 Å². The van der Waals surface area contributed by atoms with E-state index >= 15 is 0 Å². The molecule has 0 spiro atoms. The van der Waals surface area contributed by atoms with Crippen molar-refractivity contribution in [3.8, 4) is 0 Å². The Morgan fingerprint density at radius 2 is 1.77 bits per heavy atom. The number of likely N-dealkylation sites (N-methyl/N-ethyl adjacent to an activating group) is 1. The highest BCUT2D eigenvalue weighted by Gasteiger charge is 2.30. The van der Waals surface area contributed by atoms with Crippen molar-refractivity contribution >= 4 is 17.8 Å². The van der Waals surface area contributed by atoms with E-state index in [1.54, 1.807) is 19.0 Å². The lowest BCUT2D eigenvalue weighted by Gasteiger charge is -2.39. The molecule has 2 unspecified atom stereocenters. The molecule has 3 saturated heterocycles.